The topological polar surface area (TPSA) is 105 Å². The van der Waals surface area contributed by atoms with Crippen LogP contribution in [0.3, 0.4) is 0 Å². The van der Waals surface area contributed by atoms with E-state index in [1.165, 1.54) is 25.1 Å². The number of carbonyl (C=O) groups excluding carboxylic acids is 3. The van der Waals surface area contributed by atoms with Crippen molar-refractivity contribution in [3.05, 3.63) is 28.8 Å². The first-order valence-corrected chi connectivity index (χ1v) is 8.55. The number of halogens is 1. The highest BCUT2D eigenvalue weighted by Gasteiger charge is 2.24. The van der Waals surface area contributed by atoms with E-state index in [4.69, 9.17) is 16.3 Å². The van der Waals surface area contributed by atoms with Crippen LogP contribution in [0.1, 0.15) is 49.4 Å². The molecule has 1 aliphatic rings. The van der Waals surface area contributed by atoms with Gasteiger partial charge in [0.05, 0.1) is 0 Å². The summed E-state index contributed by atoms with van der Waals surface area (Å²) in [5, 5.41) is 14.8. The fourth-order valence-corrected chi connectivity index (χ4v) is 2.80. The number of ether oxygens (including phenoxy) is 1. The van der Waals surface area contributed by atoms with Crippen LogP contribution in [0.25, 0.3) is 0 Å². The molecule has 1 aliphatic carbocycles. The molecular formula is C17H21ClN2O5. The summed E-state index contributed by atoms with van der Waals surface area (Å²) in [6.45, 7) is 1.34. The average molecular weight is 369 g/mol. The van der Waals surface area contributed by atoms with Gasteiger partial charge in [-0.2, -0.15) is 0 Å². The number of phenolic OH excluding ortho intramolecular Hbond substituents is 1. The van der Waals surface area contributed by atoms with E-state index in [2.05, 4.69) is 10.6 Å². The zero-order valence-corrected chi connectivity index (χ0v) is 14.6. The summed E-state index contributed by atoms with van der Waals surface area (Å²) in [5.41, 5.74) is -0.154. The van der Waals surface area contributed by atoms with Gasteiger partial charge in [-0.3, -0.25) is 10.1 Å². The third-order valence-corrected chi connectivity index (χ3v) is 4.24. The molecule has 1 aromatic rings. The van der Waals surface area contributed by atoms with E-state index in [1.807, 2.05) is 0 Å². The lowest BCUT2D eigenvalue weighted by molar-refractivity contribution is -0.127. The van der Waals surface area contributed by atoms with Gasteiger partial charge >= 0.3 is 12.0 Å². The van der Waals surface area contributed by atoms with Gasteiger partial charge < -0.3 is 15.2 Å². The van der Waals surface area contributed by atoms with Crippen molar-refractivity contribution in [3.8, 4) is 5.75 Å². The average Bonchev–Trinajstić information content (AvgIpc) is 2.57. The van der Waals surface area contributed by atoms with Crippen molar-refractivity contribution in [2.75, 3.05) is 0 Å². The van der Waals surface area contributed by atoms with E-state index in [0.29, 0.717) is 0 Å². The molecule has 0 bridgehead atoms. The van der Waals surface area contributed by atoms with Crippen molar-refractivity contribution in [3.63, 3.8) is 0 Å². The van der Waals surface area contributed by atoms with Crippen LogP contribution in [0.2, 0.25) is 5.02 Å². The van der Waals surface area contributed by atoms with E-state index in [9.17, 15) is 19.5 Å². The number of phenols is 1. The molecule has 1 atom stereocenters. The van der Waals surface area contributed by atoms with Crippen LogP contribution in [0.15, 0.2) is 18.2 Å². The minimum absolute atomic E-state index is 0.0582. The SMILES string of the molecule is C[C@@H](OC(=O)c1cc(Cl)ccc1O)C(=O)NC(=O)NC1CCCCC1. The summed E-state index contributed by atoms with van der Waals surface area (Å²) in [7, 11) is 0. The zero-order valence-electron chi connectivity index (χ0n) is 13.9. The second-order valence-corrected chi connectivity index (χ2v) is 6.44. The Labute approximate surface area is 150 Å². The molecule has 0 unspecified atom stereocenters. The van der Waals surface area contributed by atoms with E-state index in [-0.39, 0.29) is 22.4 Å². The molecule has 136 valence electrons. The first-order valence-electron chi connectivity index (χ1n) is 8.17. The number of hydrogen-bond acceptors (Lipinski definition) is 5. The third-order valence-electron chi connectivity index (χ3n) is 4.01. The quantitative estimate of drug-likeness (QED) is 0.709. The highest BCUT2D eigenvalue weighted by molar-refractivity contribution is 6.31. The molecule has 0 radical (unpaired) electrons. The molecule has 1 aromatic carbocycles. The lowest BCUT2D eigenvalue weighted by Gasteiger charge is -2.23. The van der Waals surface area contributed by atoms with Gasteiger partial charge in [-0.15, -0.1) is 0 Å². The Balaban J connectivity index is 1.85. The second-order valence-electron chi connectivity index (χ2n) is 6.01. The maximum absolute atomic E-state index is 12.0. The molecule has 7 nitrogen and oxygen atoms in total. The fraction of sp³-hybridized carbons (Fsp3) is 0.471. The number of urea groups is 1. The predicted molar refractivity (Wildman–Crippen MR) is 91.5 cm³/mol. The van der Waals surface area contributed by atoms with Crippen molar-refractivity contribution in [2.45, 2.75) is 51.2 Å². The van der Waals surface area contributed by atoms with E-state index >= 15 is 0 Å². The Kier molecular flexibility index (Phi) is 6.64. The number of esters is 1. The van der Waals surface area contributed by atoms with Crippen molar-refractivity contribution in [2.24, 2.45) is 0 Å². The molecule has 1 saturated carbocycles. The van der Waals surface area contributed by atoms with Crippen LogP contribution < -0.4 is 10.6 Å². The molecule has 3 amide bonds. The predicted octanol–water partition coefficient (Wildman–Crippen LogP) is 2.75. The molecule has 0 aliphatic heterocycles. The van der Waals surface area contributed by atoms with E-state index < -0.39 is 24.0 Å². The molecule has 1 fully saturated rings. The third kappa shape index (κ3) is 5.63. The lowest BCUT2D eigenvalue weighted by atomic mass is 9.96. The molecule has 2 rings (SSSR count). The van der Waals surface area contributed by atoms with Gasteiger partial charge in [0.15, 0.2) is 6.10 Å². The summed E-state index contributed by atoms with van der Waals surface area (Å²) >= 11 is 5.77. The Morgan fingerprint density at radius 3 is 2.60 bits per heavy atom. The van der Waals surface area contributed by atoms with Gasteiger partial charge in [-0.25, -0.2) is 9.59 Å². The molecule has 0 aromatic heterocycles. The number of hydrogen-bond donors (Lipinski definition) is 3. The van der Waals surface area contributed by atoms with Crippen molar-refractivity contribution in [1.82, 2.24) is 10.6 Å². The van der Waals surface area contributed by atoms with Gasteiger partial charge in [0.25, 0.3) is 5.91 Å². The van der Waals surface area contributed by atoms with Crippen LogP contribution in [0.5, 0.6) is 5.75 Å². The molecular weight excluding hydrogens is 348 g/mol. The Hall–Kier alpha value is -2.28. The van der Waals surface area contributed by atoms with Crippen LogP contribution in [-0.2, 0) is 9.53 Å². The van der Waals surface area contributed by atoms with Crippen LogP contribution in [0.4, 0.5) is 4.79 Å². The largest absolute Gasteiger partial charge is 0.507 e. The molecule has 0 spiro atoms. The monoisotopic (exact) mass is 368 g/mol. The summed E-state index contributed by atoms with van der Waals surface area (Å²) in [5.74, 6) is -1.96. The number of amides is 3. The Bertz CT molecular complexity index is 658. The summed E-state index contributed by atoms with van der Waals surface area (Å²) in [4.78, 5) is 35.8. The van der Waals surface area contributed by atoms with Crippen LogP contribution in [0, 0.1) is 0 Å². The van der Waals surface area contributed by atoms with Crippen LogP contribution >= 0.6 is 11.6 Å². The highest BCUT2D eigenvalue weighted by Crippen LogP contribution is 2.22. The minimum Gasteiger partial charge on any atom is -0.507 e. The number of imide groups is 1. The van der Waals surface area contributed by atoms with Crippen molar-refractivity contribution < 1.29 is 24.2 Å². The molecule has 3 N–H and O–H groups in total. The Morgan fingerprint density at radius 2 is 1.92 bits per heavy atom. The smallest absolute Gasteiger partial charge is 0.342 e. The first kappa shape index (κ1) is 19.1. The number of nitrogens with one attached hydrogen (secondary N) is 2. The van der Waals surface area contributed by atoms with Crippen molar-refractivity contribution in [1.29, 1.82) is 0 Å². The second kappa shape index (κ2) is 8.71. The number of benzene rings is 1. The van der Waals surface area contributed by atoms with Gasteiger partial charge in [0.2, 0.25) is 0 Å². The van der Waals surface area contributed by atoms with Gasteiger partial charge in [-0.05, 0) is 38.0 Å². The van der Waals surface area contributed by atoms with Gasteiger partial charge in [0, 0.05) is 11.1 Å². The normalized spacial score (nSPS) is 15.9. The van der Waals surface area contributed by atoms with Gasteiger partial charge in [-0.1, -0.05) is 30.9 Å². The summed E-state index contributed by atoms with van der Waals surface area (Å²) in [6, 6.07) is 3.36. The number of aromatic hydroxyl groups is 1. The fourth-order valence-electron chi connectivity index (χ4n) is 2.63. The number of carbonyl (C=O) groups is 3. The standard InChI is InChI=1S/C17H21ClN2O5/c1-10(25-16(23)13-9-11(18)7-8-14(13)21)15(22)20-17(24)19-12-5-3-2-4-6-12/h7-10,12,21H,2-6H2,1H3,(H2,19,20,22,24)/t10-/m1/s1. The maximum atomic E-state index is 12.0. The number of rotatable bonds is 4. The lowest BCUT2D eigenvalue weighted by Crippen LogP contribution is -2.48. The molecule has 8 heteroatoms. The first-order chi connectivity index (χ1) is 11.9. The van der Waals surface area contributed by atoms with E-state index in [1.54, 1.807) is 0 Å². The van der Waals surface area contributed by atoms with Crippen LogP contribution in [-0.4, -0.2) is 35.2 Å². The summed E-state index contributed by atoms with van der Waals surface area (Å²) < 4.78 is 4.98. The molecule has 25 heavy (non-hydrogen) atoms. The van der Waals surface area contributed by atoms with Crippen molar-refractivity contribution >= 4 is 29.5 Å². The summed E-state index contributed by atoms with van der Waals surface area (Å²) in [6.07, 6.45) is 3.83. The minimum atomic E-state index is -1.21. The van der Waals surface area contributed by atoms with E-state index in [0.717, 1.165) is 32.1 Å². The Morgan fingerprint density at radius 1 is 1.24 bits per heavy atom. The molecule has 0 saturated heterocycles. The maximum Gasteiger partial charge on any atom is 0.342 e. The van der Waals surface area contributed by atoms with Gasteiger partial charge in [0.1, 0.15) is 11.3 Å². The zero-order chi connectivity index (χ0) is 18.4. The molecule has 0 heterocycles. The highest BCUT2D eigenvalue weighted by atomic mass is 35.5.